The highest BCUT2D eigenvalue weighted by molar-refractivity contribution is 7.80. The van der Waals surface area contributed by atoms with Crippen molar-refractivity contribution in [1.29, 1.82) is 0 Å². The highest BCUT2D eigenvalue weighted by Gasteiger charge is 2.02. The van der Waals surface area contributed by atoms with E-state index >= 15 is 0 Å². The fraction of sp³-hybridized carbons (Fsp3) is 1.00. The number of aliphatic hydroxyl groups excluding tert-OH is 1. The zero-order chi connectivity index (χ0) is 10.6. The smallest absolute Gasteiger partial charge is 0.0593 e. The molecule has 5 heteroatoms. The molecule has 0 fully saturated rings. The molecule has 0 aliphatic heterocycles. The van der Waals surface area contributed by atoms with Gasteiger partial charge in [-0.3, -0.25) is 4.90 Å². The third-order valence-electron chi connectivity index (χ3n) is 1.82. The largest absolute Gasteiger partial charge is 0.395 e. The molecule has 0 aromatic carbocycles. The molecule has 0 amide bonds. The van der Waals surface area contributed by atoms with Crippen LogP contribution in [-0.4, -0.2) is 68.9 Å². The molecule has 0 aromatic heterocycles. The SMILES string of the molecule is COCCN(CCO)CCOCCS. The molecule has 0 rings (SSSR count). The Bertz CT molecular complexity index is 116. The fourth-order valence-electron chi connectivity index (χ4n) is 1.06. The van der Waals surface area contributed by atoms with Gasteiger partial charge in [0.15, 0.2) is 0 Å². The standard InChI is InChI=1S/C9H21NO3S/c1-12-6-3-10(2-5-11)4-7-13-8-9-14/h11,14H,2-9H2,1H3. The van der Waals surface area contributed by atoms with Gasteiger partial charge in [0, 0.05) is 32.5 Å². The Labute approximate surface area is 91.6 Å². The molecule has 0 radical (unpaired) electrons. The predicted molar refractivity (Wildman–Crippen MR) is 60.1 cm³/mol. The van der Waals surface area contributed by atoms with Crippen LogP contribution in [0.3, 0.4) is 0 Å². The van der Waals surface area contributed by atoms with E-state index in [2.05, 4.69) is 17.5 Å². The first kappa shape index (κ1) is 14.2. The lowest BCUT2D eigenvalue weighted by Gasteiger charge is -2.20. The Kier molecular flexibility index (Phi) is 11.4. The molecule has 0 aromatic rings. The quantitative estimate of drug-likeness (QED) is 0.400. The topological polar surface area (TPSA) is 41.9 Å². The second kappa shape index (κ2) is 11.3. The van der Waals surface area contributed by atoms with Crippen LogP contribution < -0.4 is 0 Å². The van der Waals surface area contributed by atoms with Gasteiger partial charge >= 0.3 is 0 Å². The van der Waals surface area contributed by atoms with Crippen molar-refractivity contribution in [3.63, 3.8) is 0 Å². The van der Waals surface area contributed by atoms with E-state index in [0.717, 1.165) is 18.8 Å². The van der Waals surface area contributed by atoms with Gasteiger partial charge in [-0.1, -0.05) is 0 Å². The van der Waals surface area contributed by atoms with Crippen LogP contribution in [-0.2, 0) is 9.47 Å². The molecule has 0 spiro atoms. The van der Waals surface area contributed by atoms with Crippen LogP contribution in [0.2, 0.25) is 0 Å². The van der Waals surface area contributed by atoms with Crippen molar-refractivity contribution >= 4 is 12.6 Å². The summed E-state index contributed by atoms with van der Waals surface area (Å²) in [7, 11) is 1.68. The third-order valence-corrected chi connectivity index (χ3v) is 2.00. The van der Waals surface area contributed by atoms with E-state index in [9.17, 15) is 0 Å². The number of nitrogens with zero attached hydrogens (tertiary/aromatic N) is 1. The summed E-state index contributed by atoms with van der Waals surface area (Å²) < 4.78 is 10.3. The summed E-state index contributed by atoms with van der Waals surface area (Å²) in [4.78, 5) is 2.11. The number of aliphatic hydroxyl groups is 1. The van der Waals surface area contributed by atoms with Crippen LogP contribution in [0.1, 0.15) is 0 Å². The Morgan fingerprint density at radius 3 is 2.43 bits per heavy atom. The number of hydrogen-bond donors (Lipinski definition) is 2. The third kappa shape index (κ3) is 8.77. The van der Waals surface area contributed by atoms with Gasteiger partial charge in [-0.25, -0.2) is 0 Å². The summed E-state index contributed by atoms with van der Waals surface area (Å²) >= 11 is 4.04. The lowest BCUT2D eigenvalue weighted by Crippen LogP contribution is -2.33. The van der Waals surface area contributed by atoms with Gasteiger partial charge in [0.25, 0.3) is 0 Å². The van der Waals surface area contributed by atoms with Crippen molar-refractivity contribution in [1.82, 2.24) is 4.90 Å². The number of rotatable bonds is 10. The highest BCUT2D eigenvalue weighted by Crippen LogP contribution is 1.89. The second-order valence-corrected chi connectivity index (χ2v) is 3.34. The van der Waals surface area contributed by atoms with Crippen molar-refractivity contribution in [3.05, 3.63) is 0 Å². The van der Waals surface area contributed by atoms with Crippen LogP contribution in [0.5, 0.6) is 0 Å². The first-order chi connectivity index (χ1) is 6.85. The summed E-state index contributed by atoms with van der Waals surface area (Å²) in [5.74, 6) is 0.748. The Morgan fingerprint density at radius 2 is 1.86 bits per heavy atom. The molecule has 0 atom stereocenters. The minimum Gasteiger partial charge on any atom is -0.395 e. The maximum atomic E-state index is 8.80. The van der Waals surface area contributed by atoms with E-state index < -0.39 is 0 Å². The van der Waals surface area contributed by atoms with Crippen LogP contribution >= 0.6 is 12.6 Å². The molecule has 86 valence electrons. The summed E-state index contributed by atoms with van der Waals surface area (Å²) in [5.41, 5.74) is 0. The van der Waals surface area contributed by atoms with E-state index in [0.29, 0.717) is 26.4 Å². The molecule has 0 aliphatic rings. The van der Waals surface area contributed by atoms with Crippen LogP contribution in [0.4, 0.5) is 0 Å². The molecule has 0 saturated carbocycles. The average molecular weight is 223 g/mol. The molecule has 4 nitrogen and oxygen atoms in total. The zero-order valence-corrected chi connectivity index (χ0v) is 9.71. The van der Waals surface area contributed by atoms with Gasteiger partial charge in [-0.15, -0.1) is 0 Å². The number of thiol groups is 1. The minimum atomic E-state index is 0.177. The van der Waals surface area contributed by atoms with Crippen molar-refractivity contribution in [2.75, 3.05) is 58.9 Å². The van der Waals surface area contributed by atoms with Crippen LogP contribution in [0, 0.1) is 0 Å². The van der Waals surface area contributed by atoms with Gasteiger partial charge in [0.05, 0.1) is 26.4 Å². The van der Waals surface area contributed by atoms with Gasteiger partial charge in [0.2, 0.25) is 0 Å². The summed E-state index contributed by atoms with van der Waals surface area (Å²) in [6, 6.07) is 0. The highest BCUT2D eigenvalue weighted by atomic mass is 32.1. The normalized spacial score (nSPS) is 11.1. The fourth-order valence-corrected chi connectivity index (χ4v) is 1.19. The predicted octanol–water partition coefficient (Wildman–Crippen LogP) is -0.126. The Morgan fingerprint density at radius 1 is 1.14 bits per heavy atom. The Hall–Kier alpha value is 0.190. The van der Waals surface area contributed by atoms with Gasteiger partial charge in [0.1, 0.15) is 0 Å². The van der Waals surface area contributed by atoms with E-state index in [4.69, 9.17) is 14.6 Å². The molecule has 0 bridgehead atoms. The van der Waals surface area contributed by atoms with Crippen LogP contribution in [0.15, 0.2) is 0 Å². The number of ether oxygens (including phenoxy) is 2. The molecule has 14 heavy (non-hydrogen) atoms. The van der Waals surface area contributed by atoms with E-state index in [1.807, 2.05) is 0 Å². The molecule has 0 aliphatic carbocycles. The van der Waals surface area contributed by atoms with E-state index in [1.54, 1.807) is 7.11 Å². The van der Waals surface area contributed by atoms with Gasteiger partial charge < -0.3 is 14.6 Å². The lowest BCUT2D eigenvalue weighted by molar-refractivity contribution is 0.0861. The second-order valence-electron chi connectivity index (χ2n) is 2.89. The molecular weight excluding hydrogens is 202 g/mol. The maximum Gasteiger partial charge on any atom is 0.0593 e. The molecule has 1 N–H and O–H groups in total. The minimum absolute atomic E-state index is 0.177. The van der Waals surface area contributed by atoms with Crippen molar-refractivity contribution < 1.29 is 14.6 Å². The molecule has 0 unspecified atom stereocenters. The number of hydrogen-bond acceptors (Lipinski definition) is 5. The molecular formula is C9H21NO3S. The average Bonchev–Trinajstić information content (AvgIpc) is 2.20. The molecule has 0 heterocycles. The first-order valence-electron chi connectivity index (χ1n) is 4.86. The van der Waals surface area contributed by atoms with E-state index in [-0.39, 0.29) is 6.61 Å². The maximum absolute atomic E-state index is 8.80. The monoisotopic (exact) mass is 223 g/mol. The van der Waals surface area contributed by atoms with E-state index in [1.165, 1.54) is 0 Å². The zero-order valence-electron chi connectivity index (χ0n) is 8.81. The summed E-state index contributed by atoms with van der Waals surface area (Å²) in [6.45, 7) is 4.57. The first-order valence-corrected chi connectivity index (χ1v) is 5.49. The van der Waals surface area contributed by atoms with Crippen molar-refractivity contribution in [2.24, 2.45) is 0 Å². The number of methoxy groups -OCH3 is 1. The summed E-state index contributed by atoms with van der Waals surface area (Å²) in [5, 5.41) is 8.80. The lowest BCUT2D eigenvalue weighted by atomic mass is 10.4. The van der Waals surface area contributed by atoms with Gasteiger partial charge in [-0.05, 0) is 0 Å². The molecule has 0 saturated heterocycles. The van der Waals surface area contributed by atoms with Crippen LogP contribution in [0.25, 0.3) is 0 Å². The summed E-state index contributed by atoms with van der Waals surface area (Å²) in [6.07, 6.45) is 0. The van der Waals surface area contributed by atoms with Crippen molar-refractivity contribution in [3.8, 4) is 0 Å². The van der Waals surface area contributed by atoms with Gasteiger partial charge in [-0.2, -0.15) is 12.6 Å². The Balaban J connectivity index is 3.40. The van der Waals surface area contributed by atoms with Crippen molar-refractivity contribution in [2.45, 2.75) is 0 Å².